The van der Waals surface area contributed by atoms with E-state index in [1.54, 1.807) is 0 Å². The molecular weight excluding hydrogens is 170 g/mol. The fourth-order valence-corrected chi connectivity index (χ4v) is 0. The maximum absolute atomic E-state index is 4.35. The first-order valence-corrected chi connectivity index (χ1v) is 1.90. The van der Waals surface area contributed by atoms with Crippen LogP contribution in [0.15, 0.2) is 0 Å². The summed E-state index contributed by atoms with van der Waals surface area (Å²) < 4.78 is 4.63. The summed E-state index contributed by atoms with van der Waals surface area (Å²) >= 11 is 7.95. The molecule has 0 aliphatic rings. The van der Waals surface area contributed by atoms with Gasteiger partial charge in [-0.05, 0) is 12.2 Å². The predicted molar refractivity (Wildman–Crippen MR) is 28.6 cm³/mol. The van der Waals surface area contributed by atoms with Crippen molar-refractivity contribution in [3.05, 3.63) is 0 Å². The van der Waals surface area contributed by atoms with Crippen molar-refractivity contribution in [2.24, 2.45) is 0 Å². The first-order chi connectivity index (χ1) is 2.27. The number of thiocarbonyl (C=S) groups is 1. The van der Waals surface area contributed by atoms with Crippen LogP contribution in [0.1, 0.15) is 0 Å². The molecule has 0 fully saturated rings. The average molecular weight is 174 g/mol. The first kappa shape index (κ1) is 9.98. The second-order valence-electron chi connectivity index (χ2n) is 0.470. The van der Waals surface area contributed by atoms with Crippen LogP contribution < -0.4 is 0 Å². The smallest absolute Gasteiger partial charge is 0.216 e. The molecule has 0 heterocycles. The van der Waals surface area contributed by atoms with Gasteiger partial charge in [-0.2, -0.15) is 0 Å². The van der Waals surface area contributed by atoms with Gasteiger partial charge in [0.1, 0.15) is 0 Å². The Morgan fingerprint density at radius 1 is 1.83 bits per heavy atom. The van der Waals surface area contributed by atoms with Crippen LogP contribution in [0.4, 0.5) is 0 Å². The van der Waals surface area contributed by atoms with Crippen LogP contribution in [0.5, 0.6) is 0 Å². The maximum Gasteiger partial charge on any atom is 0.216 e. The van der Waals surface area contributed by atoms with Gasteiger partial charge >= 0.3 is 0 Å². The van der Waals surface area contributed by atoms with E-state index in [9.17, 15) is 0 Å². The van der Waals surface area contributed by atoms with E-state index in [1.807, 2.05) is 0 Å². The molecule has 0 aromatic carbocycles. The van der Waals surface area contributed by atoms with Crippen molar-refractivity contribution >= 4 is 29.2 Å². The summed E-state index contributed by atoms with van der Waals surface area (Å²) in [5, 5.41) is 0. The predicted octanol–water partition coefficient (Wildman–Crippen LogP) is 0.845. The van der Waals surface area contributed by atoms with Crippen LogP contribution in [-0.2, 0) is 24.2 Å². The molecule has 0 spiro atoms. The second kappa shape index (κ2) is 5.86. The number of methoxy groups -OCH3 is 1. The van der Waals surface area contributed by atoms with E-state index >= 15 is 0 Å². The second-order valence-corrected chi connectivity index (χ2v) is 1.55. The Bertz CT molecular complexity index is 46.8. The third-order valence-corrected chi connectivity index (χ3v) is 0.524. The zero-order valence-corrected chi connectivity index (χ0v) is 8.15. The van der Waals surface area contributed by atoms with Gasteiger partial charge in [-0.3, -0.25) is 0 Å². The van der Waals surface area contributed by atoms with E-state index in [0.29, 0.717) is 0 Å². The Morgan fingerprint density at radius 3 is 2.00 bits per heavy atom. The fraction of sp³-hybridized carbons (Fsp3) is 0.500. The molecule has 0 amide bonds. The zero-order chi connectivity index (χ0) is 4.28. The molecule has 0 aromatic heterocycles. The number of rotatable bonds is 0. The summed E-state index contributed by atoms with van der Waals surface area (Å²) in [7, 11) is 1.48. The number of hydrogen-bond donors (Lipinski definition) is 1. The Kier molecular flexibility index (Phi) is 9.75. The molecule has 0 rings (SSSR count). The summed E-state index contributed by atoms with van der Waals surface area (Å²) in [5.41, 5.74) is 0. The van der Waals surface area contributed by atoms with Crippen LogP contribution >= 0.6 is 24.8 Å². The Hall–Kier alpha value is 0.863. The normalized spacial score (nSPS) is 5.67. The van der Waals surface area contributed by atoms with Crippen molar-refractivity contribution in [1.29, 1.82) is 0 Å². The van der Waals surface area contributed by atoms with Crippen molar-refractivity contribution in [2.75, 3.05) is 7.11 Å². The first-order valence-electron chi connectivity index (χ1n) is 1.04. The Balaban J connectivity index is 0. The molecule has 1 nitrogen and oxygen atoms in total. The molecule has 6 heavy (non-hydrogen) atoms. The van der Waals surface area contributed by atoms with Crippen LogP contribution in [0, 0.1) is 0 Å². The minimum atomic E-state index is 0. The molecule has 0 aromatic rings. The Morgan fingerprint density at radius 2 is 2.00 bits per heavy atom. The summed E-state index contributed by atoms with van der Waals surface area (Å²) in [6.45, 7) is 0. The molecule has 0 saturated heterocycles. The molecule has 0 atom stereocenters. The number of hydrogen-bond acceptors (Lipinski definition) is 2. The number of thiol groups is 1. The van der Waals surface area contributed by atoms with Gasteiger partial charge in [0.05, 0.1) is 7.11 Å². The molecule has 0 aliphatic carbocycles. The minimum Gasteiger partial charge on any atom is -0.482 e. The van der Waals surface area contributed by atoms with Gasteiger partial charge in [-0.15, -0.1) is 0 Å². The van der Waals surface area contributed by atoms with Gasteiger partial charge in [0, 0.05) is 19.5 Å². The SMILES string of the molecule is COC(=S)S.[Zn]. The third kappa shape index (κ3) is 8.85. The largest absolute Gasteiger partial charge is 0.482 e. The van der Waals surface area contributed by atoms with Crippen LogP contribution in [-0.4, -0.2) is 11.5 Å². The van der Waals surface area contributed by atoms with Crippen LogP contribution in [0.25, 0.3) is 0 Å². The van der Waals surface area contributed by atoms with E-state index in [1.165, 1.54) is 7.11 Å². The van der Waals surface area contributed by atoms with Gasteiger partial charge in [-0.25, -0.2) is 0 Å². The maximum atomic E-state index is 4.35. The molecule has 32 valence electrons. The van der Waals surface area contributed by atoms with Gasteiger partial charge < -0.3 is 4.74 Å². The van der Waals surface area contributed by atoms with E-state index in [-0.39, 0.29) is 23.9 Å². The molecule has 0 radical (unpaired) electrons. The summed E-state index contributed by atoms with van der Waals surface area (Å²) in [6.07, 6.45) is 0. The molecule has 0 N–H and O–H groups in total. The zero-order valence-electron chi connectivity index (χ0n) is 3.47. The van der Waals surface area contributed by atoms with Gasteiger partial charge in [0.25, 0.3) is 0 Å². The van der Waals surface area contributed by atoms with Crippen LogP contribution in [0.3, 0.4) is 0 Å². The average Bonchev–Trinajstić information content (AvgIpc) is 1.38. The topological polar surface area (TPSA) is 9.23 Å². The van der Waals surface area contributed by atoms with Gasteiger partial charge in [0.15, 0.2) is 0 Å². The van der Waals surface area contributed by atoms with E-state index < -0.39 is 0 Å². The molecular formula is C2H4OS2Zn. The van der Waals surface area contributed by atoms with Crippen LogP contribution in [0.2, 0.25) is 0 Å². The summed E-state index contributed by atoms with van der Waals surface area (Å²) in [5.74, 6) is 0. The van der Waals surface area contributed by atoms with Crippen molar-refractivity contribution in [3.63, 3.8) is 0 Å². The minimum absolute atomic E-state index is 0. The number of ether oxygens (including phenoxy) is 1. The molecule has 0 bridgehead atoms. The van der Waals surface area contributed by atoms with Crippen molar-refractivity contribution in [3.8, 4) is 0 Å². The monoisotopic (exact) mass is 172 g/mol. The Labute approximate surface area is 60.6 Å². The van der Waals surface area contributed by atoms with E-state index in [0.717, 1.165) is 0 Å². The summed E-state index contributed by atoms with van der Waals surface area (Å²) in [4.78, 5) is 0. The van der Waals surface area contributed by atoms with Gasteiger partial charge in [-0.1, -0.05) is 12.6 Å². The summed E-state index contributed by atoms with van der Waals surface area (Å²) in [6, 6.07) is 0. The fourth-order valence-electron chi connectivity index (χ4n) is 0. The van der Waals surface area contributed by atoms with E-state index in [2.05, 4.69) is 29.6 Å². The molecule has 4 heteroatoms. The van der Waals surface area contributed by atoms with Crippen molar-refractivity contribution < 1.29 is 24.2 Å². The molecule has 0 aliphatic heterocycles. The molecule has 0 unspecified atom stereocenters. The standard InChI is InChI=1S/C2H4OS2.Zn/c1-3-2(4)5;/h1H3,(H,4,5);. The van der Waals surface area contributed by atoms with Crippen molar-refractivity contribution in [2.45, 2.75) is 0 Å². The molecule has 0 saturated carbocycles. The third-order valence-electron chi connectivity index (χ3n) is 0.175. The van der Waals surface area contributed by atoms with E-state index in [4.69, 9.17) is 0 Å². The van der Waals surface area contributed by atoms with Gasteiger partial charge in [0.2, 0.25) is 4.38 Å². The van der Waals surface area contributed by atoms with Crippen molar-refractivity contribution in [1.82, 2.24) is 0 Å². The quantitative estimate of drug-likeness (QED) is 0.330.